The second-order valence-electron chi connectivity index (χ2n) is 6.21. The van der Waals surface area contributed by atoms with E-state index in [0.29, 0.717) is 28.6 Å². The average molecular weight is 477 g/mol. The number of nitrogens with one attached hydrogen (secondary N) is 1. The Hall–Kier alpha value is -1.91. The molecule has 0 radical (unpaired) electrons. The van der Waals surface area contributed by atoms with E-state index in [2.05, 4.69) is 25.8 Å². The molecule has 5 nitrogen and oxygen atoms in total. The summed E-state index contributed by atoms with van der Waals surface area (Å²) >= 11 is 3.25. The third-order valence-electron chi connectivity index (χ3n) is 4.35. The van der Waals surface area contributed by atoms with Crippen molar-refractivity contribution in [1.29, 1.82) is 0 Å². The van der Waals surface area contributed by atoms with Crippen LogP contribution in [0.15, 0.2) is 52.5 Å². The van der Waals surface area contributed by atoms with Crippen molar-refractivity contribution in [3.8, 4) is 0 Å². The Morgan fingerprint density at radius 2 is 1.89 bits per heavy atom. The van der Waals surface area contributed by atoms with Crippen LogP contribution >= 0.6 is 15.9 Å². The summed E-state index contributed by atoms with van der Waals surface area (Å²) in [7, 11) is -2.34. The Labute approximate surface area is 168 Å². The molecule has 0 aromatic heterocycles. The number of nitrogens with zero attached hydrogens (tertiary/aromatic N) is 1. The van der Waals surface area contributed by atoms with E-state index in [1.54, 1.807) is 6.07 Å². The topological polar surface area (TPSA) is 67.8 Å². The Morgan fingerprint density at radius 1 is 1.21 bits per heavy atom. The zero-order valence-corrected chi connectivity index (χ0v) is 17.0. The normalized spacial score (nSPS) is 17.3. The average Bonchev–Trinajstić information content (AvgIpc) is 3.08. The molecule has 2 aromatic rings. The summed E-state index contributed by atoms with van der Waals surface area (Å²) in [4.78, 5) is 5.45. The molecule has 10 heteroatoms. The van der Waals surface area contributed by atoms with Gasteiger partial charge in [-0.25, -0.2) is 13.1 Å². The molecule has 1 aliphatic heterocycles. The van der Waals surface area contributed by atoms with E-state index < -0.39 is 27.9 Å². The third kappa shape index (κ3) is 4.56. The fraction of sp³-hybridized carbons (Fsp3) is 0.278. The number of rotatable bonds is 5. The lowest BCUT2D eigenvalue weighted by Crippen LogP contribution is -2.19. The van der Waals surface area contributed by atoms with Gasteiger partial charge < -0.3 is 4.84 Å². The van der Waals surface area contributed by atoms with Crippen molar-refractivity contribution in [2.75, 3.05) is 7.05 Å². The lowest BCUT2D eigenvalue weighted by molar-refractivity contribution is -0.137. The molecule has 0 fully saturated rings. The van der Waals surface area contributed by atoms with Gasteiger partial charge in [-0.15, -0.1) is 0 Å². The Bertz CT molecular complexity index is 1010. The van der Waals surface area contributed by atoms with Crippen molar-refractivity contribution in [2.24, 2.45) is 5.16 Å². The van der Waals surface area contributed by atoms with Crippen LogP contribution in [0.4, 0.5) is 13.2 Å². The standard InChI is InChI=1S/C18H16BrF3N2O3S/c1-23-28(25,26)14-7-4-12(15(9-14)16-10-17(19)24-27-16)8-11-2-5-13(6-3-11)18(20,21)22/h2-7,9,16,23H,8,10H2,1H3/t16-/m0/s1. The van der Waals surface area contributed by atoms with Crippen molar-refractivity contribution in [1.82, 2.24) is 4.72 Å². The van der Waals surface area contributed by atoms with Crippen LogP contribution in [-0.2, 0) is 27.5 Å². The van der Waals surface area contributed by atoms with Gasteiger partial charge in [0.05, 0.1) is 10.5 Å². The molecular formula is C18H16BrF3N2O3S. The first-order chi connectivity index (χ1) is 13.1. The summed E-state index contributed by atoms with van der Waals surface area (Å²) < 4.78 is 65.4. The van der Waals surface area contributed by atoms with Gasteiger partial charge >= 0.3 is 6.18 Å². The van der Waals surface area contributed by atoms with Gasteiger partial charge in [-0.2, -0.15) is 13.2 Å². The number of oxime groups is 1. The predicted molar refractivity (Wildman–Crippen MR) is 102 cm³/mol. The van der Waals surface area contributed by atoms with Crippen LogP contribution in [0.3, 0.4) is 0 Å². The van der Waals surface area contributed by atoms with E-state index in [-0.39, 0.29) is 4.90 Å². The maximum Gasteiger partial charge on any atom is 0.416 e. The van der Waals surface area contributed by atoms with Crippen LogP contribution < -0.4 is 4.72 Å². The monoisotopic (exact) mass is 476 g/mol. The summed E-state index contributed by atoms with van der Waals surface area (Å²) in [5.74, 6) is 0. The van der Waals surface area contributed by atoms with Gasteiger partial charge in [0, 0.05) is 12.0 Å². The third-order valence-corrected chi connectivity index (χ3v) is 6.23. The van der Waals surface area contributed by atoms with E-state index in [0.717, 1.165) is 17.7 Å². The zero-order valence-electron chi connectivity index (χ0n) is 14.6. The quantitative estimate of drug-likeness (QED) is 0.696. The van der Waals surface area contributed by atoms with Crippen LogP contribution in [0, 0.1) is 0 Å². The first-order valence-corrected chi connectivity index (χ1v) is 10.5. The minimum atomic E-state index is -4.39. The highest BCUT2D eigenvalue weighted by molar-refractivity contribution is 9.18. The maximum absolute atomic E-state index is 12.7. The van der Waals surface area contributed by atoms with Crippen molar-refractivity contribution in [3.63, 3.8) is 0 Å². The van der Waals surface area contributed by atoms with Gasteiger partial charge in [-0.3, -0.25) is 0 Å². The first kappa shape index (κ1) is 20.8. The van der Waals surface area contributed by atoms with Crippen molar-refractivity contribution < 1.29 is 26.4 Å². The van der Waals surface area contributed by atoms with E-state index in [1.807, 2.05) is 0 Å². The summed E-state index contributed by atoms with van der Waals surface area (Å²) in [5, 5.41) is 3.84. The smallest absolute Gasteiger partial charge is 0.386 e. The molecule has 28 heavy (non-hydrogen) atoms. The number of hydrogen-bond donors (Lipinski definition) is 1. The summed E-state index contributed by atoms with van der Waals surface area (Å²) in [6, 6.07) is 9.49. The minimum absolute atomic E-state index is 0.0767. The molecule has 1 N–H and O–H groups in total. The van der Waals surface area contributed by atoms with E-state index >= 15 is 0 Å². The van der Waals surface area contributed by atoms with Gasteiger partial charge in [-0.05, 0) is 64.8 Å². The Morgan fingerprint density at radius 3 is 2.43 bits per heavy atom. The lowest BCUT2D eigenvalue weighted by Gasteiger charge is -2.16. The Balaban J connectivity index is 1.95. The van der Waals surface area contributed by atoms with Crippen molar-refractivity contribution in [3.05, 3.63) is 64.7 Å². The first-order valence-electron chi connectivity index (χ1n) is 8.21. The largest absolute Gasteiger partial charge is 0.416 e. The molecule has 0 aliphatic carbocycles. The fourth-order valence-electron chi connectivity index (χ4n) is 2.87. The molecular weight excluding hydrogens is 461 g/mol. The molecule has 0 bridgehead atoms. The van der Waals surface area contributed by atoms with Gasteiger partial charge in [0.2, 0.25) is 10.0 Å². The highest BCUT2D eigenvalue weighted by Crippen LogP contribution is 2.34. The summed E-state index contributed by atoms with van der Waals surface area (Å²) in [6.45, 7) is 0. The van der Waals surface area contributed by atoms with Crippen molar-refractivity contribution in [2.45, 2.75) is 30.0 Å². The van der Waals surface area contributed by atoms with Crippen LogP contribution in [0.2, 0.25) is 0 Å². The molecule has 2 aromatic carbocycles. The molecule has 1 heterocycles. The molecule has 1 atom stereocenters. The van der Waals surface area contributed by atoms with Gasteiger partial charge in [0.25, 0.3) is 0 Å². The second-order valence-corrected chi connectivity index (χ2v) is 9.01. The van der Waals surface area contributed by atoms with Crippen LogP contribution in [0.5, 0.6) is 0 Å². The van der Waals surface area contributed by atoms with Crippen LogP contribution in [0.25, 0.3) is 0 Å². The van der Waals surface area contributed by atoms with Crippen LogP contribution in [-0.4, -0.2) is 20.1 Å². The molecule has 3 rings (SSSR count). The van der Waals surface area contributed by atoms with E-state index in [1.165, 1.54) is 31.3 Å². The summed E-state index contributed by atoms with van der Waals surface area (Å²) in [6.07, 6.45) is -4.12. The molecule has 150 valence electrons. The number of hydrogen-bond acceptors (Lipinski definition) is 4. The molecule has 0 spiro atoms. The van der Waals surface area contributed by atoms with E-state index in [4.69, 9.17) is 4.84 Å². The molecule has 0 unspecified atom stereocenters. The van der Waals surface area contributed by atoms with E-state index in [9.17, 15) is 21.6 Å². The number of halogens is 4. The lowest BCUT2D eigenvalue weighted by atomic mass is 9.95. The predicted octanol–water partition coefficient (Wildman–Crippen LogP) is 4.37. The molecule has 0 amide bonds. The van der Waals surface area contributed by atoms with Gasteiger partial charge in [-0.1, -0.05) is 23.4 Å². The molecule has 1 aliphatic rings. The number of alkyl halides is 3. The van der Waals surface area contributed by atoms with Crippen LogP contribution in [0.1, 0.15) is 34.8 Å². The molecule has 0 saturated heterocycles. The highest BCUT2D eigenvalue weighted by atomic mass is 79.9. The number of sulfonamides is 1. The minimum Gasteiger partial charge on any atom is -0.386 e. The SMILES string of the molecule is CNS(=O)(=O)c1ccc(Cc2ccc(C(F)(F)F)cc2)c([C@@H]2CC(Br)=NO2)c1. The zero-order chi connectivity index (χ0) is 20.5. The molecule has 0 saturated carbocycles. The number of benzene rings is 2. The van der Waals surface area contributed by atoms with Gasteiger partial charge in [0.15, 0.2) is 6.10 Å². The maximum atomic E-state index is 12.7. The Kier molecular flexibility index (Phi) is 5.83. The summed E-state index contributed by atoms with van der Waals surface area (Å²) in [5.41, 5.74) is 1.31. The van der Waals surface area contributed by atoms with Gasteiger partial charge in [0.1, 0.15) is 4.62 Å². The highest BCUT2D eigenvalue weighted by Gasteiger charge is 2.30. The fourth-order valence-corrected chi connectivity index (χ4v) is 4.01. The van der Waals surface area contributed by atoms with Crippen molar-refractivity contribution >= 4 is 30.6 Å². The second kappa shape index (κ2) is 7.84.